The first-order valence-corrected chi connectivity index (χ1v) is 6.74. The van der Waals surface area contributed by atoms with Gasteiger partial charge in [-0.05, 0) is 19.4 Å². The van der Waals surface area contributed by atoms with E-state index in [0.29, 0.717) is 0 Å². The molecule has 1 aliphatic heterocycles. The molecule has 1 aliphatic rings. The maximum atomic E-state index is 11.7. The second-order valence-electron chi connectivity index (χ2n) is 4.13. The Morgan fingerprint density at radius 3 is 2.67 bits per heavy atom. The van der Waals surface area contributed by atoms with Crippen molar-refractivity contribution in [2.75, 3.05) is 12.3 Å². The van der Waals surface area contributed by atoms with E-state index in [9.17, 15) is 4.21 Å². The van der Waals surface area contributed by atoms with Gasteiger partial charge in [0, 0.05) is 29.1 Å². The van der Waals surface area contributed by atoms with Gasteiger partial charge in [0.1, 0.15) is 0 Å². The van der Waals surface area contributed by atoms with Crippen molar-refractivity contribution in [2.24, 2.45) is 0 Å². The van der Waals surface area contributed by atoms with E-state index < -0.39 is 10.8 Å². The van der Waals surface area contributed by atoms with Gasteiger partial charge in [-0.25, -0.2) is 0 Å². The quantitative estimate of drug-likeness (QED) is 0.786. The molecular formula is C12H17NOS. The van der Waals surface area contributed by atoms with Crippen molar-refractivity contribution in [1.82, 2.24) is 5.32 Å². The first-order chi connectivity index (χ1) is 7.18. The smallest absolute Gasteiger partial charge is 0.0515 e. The van der Waals surface area contributed by atoms with E-state index in [1.807, 2.05) is 0 Å². The van der Waals surface area contributed by atoms with E-state index in [0.717, 1.165) is 12.3 Å². The van der Waals surface area contributed by atoms with E-state index in [2.05, 4.69) is 43.4 Å². The molecule has 1 aromatic rings. The van der Waals surface area contributed by atoms with Gasteiger partial charge in [-0.2, -0.15) is 0 Å². The van der Waals surface area contributed by atoms with Gasteiger partial charge in [0.15, 0.2) is 0 Å². The monoisotopic (exact) mass is 223 g/mol. The van der Waals surface area contributed by atoms with Crippen LogP contribution in [0.5, 0.6) is 0 Å². The molecule has 3 unspecified atom stereocenters. The fourth-order valence-electron chi connectivity index (χ4n) is 1.98. The molecule has 0 radical (unpaired) electrons. The molecule has 1 saturated heterocycles. The summed E-state index contributed by atoms with van der Waals surface area (Å²) in [5, 5.41) is 3.65. The molecule has 15 heavy (non-hydrogen) atoms. The molecule has 3 atom stereocenters. The topological polar surface area (TPSA) is 29.1 Å². The Kier molecular flexibility index (Phi) is 3.22. The minimum Gasteiger partial charge on any atom is -0.308 e. The third-order valence-corrected chi connectivity index (χ3v) is 4.70. The van der Waals surface area contributed by atoms with Crippen LogP contribution in [0.15, 0.2) is 24.3 Å². The van der Waals surface area contributed by atoms with Gasteiger partial charge < -0.3 is 5.32 Å². The van der Waals surface area contributed by atoms with Gasteiger partial charge in [0.05, 0.1) is 5.25 Å². The molecule has 0 amide bonds. The van der Waals surface area contributed by atoms with Crippen molar-refractivity contribution in [3.8, 4) is 0 Å². The molecule has 0 aromatic heterocycles. The van der Waals surface area contributed by atoms with Crippen LogP contribution in [-0.4, -0.2) is 21.8 Å². The molecule has 82 valence electrons. The lowest BCUT2D eigenvalue weighted by Crippen LogP contribution is -2.42. The molecule has 0 spiro atoms. The molecule has 0 aliphatic carbocycles. The highest BCUT2D eigenvalue weighted by Gasteiger charge is 2.27. The Balaban J connectivity index is 2.22. The first kappa shape index (κ1) is 10.8. The summed E-state index contributed by atoms with van der Waals surface area (Å²) in [5.41, 5.74) is 2.52. The number of benzene rings is 1. The summed E-state index contributed by atoms with van der Waals surface area (Å²) in [6.45, 7) is 5.00. The zero-order chi connectivity index (χ0) is 10.8. The van der Waals surface area contributed by atoms with Crippen LogP contribution < -0.4 is 5.32 Å². The predicted molar refractivity (Wildman–Crippen MR) is 64.4 cm³/mol. The van der Waals surface area contributed by atoms with Crippen LogP contribution in [-0.2, 0) is 10.8 Å². The Morgan fingerprint density at radius 2 is 2.00 bits per heavy atom. The second-order valence-corrected chi connectivity index (χ2v) is 6.05. The maximum absolute atomic E-state index is 11.7. The van der Waals surface area contributed by atoms with E-state index in [4.69, 9.17) is 0 Å². The van der Waals surface area contributed by atoms with Gasteiger partial charge in [-0.3, -0.25) is 4.21 Å². The highest BCUT2D eigenvalue weighted by molar-refractivity contribution is 7.85. The molecule has 2 nitrogen and oxygen atoms in total. The maximum Gasteiger partial charge on any atom is 0.0515 e. The number of hydrogen-bond donors (Lipinski definition) is 1. The predicted octanol–water partition coefficient (Wildman–Crippen LogP) is 1.78. The van der Waals surface area contributed by atoms with E-state index >= 15 is 0 Å². The molecular weight excluding hydrogens is 206 g/mol. The lowest BCUT2D eigenvalue weighted by Gasteiger charge is -2.29. The summed E-state index contributed by atoms with van der Waals surface area (Å²) in [4.78, 5) is 0. The van der Waals surface area contributed by atoms with Gasteiger partial charge in [0.2, 0.25) is 0 Å². The normalized spacial score (nSPS) is 31.5. The summed E-state index contributed by atoms with van der Waals surface area (Å²) < 4.78 is 11.7. The van der Waals surface area contributed by atoms with Crippen LogP contribution in [0.1, 0.15) is 24.1 Å². The molecule has 1 fully saturated rings. The van der Waals surface area contributed by atoms with Gasteiger partial charge in [-0.15, -0.1) is 0 Å². The zero-order valence-electron chi connectivity index (χ0n) is 9.19. The molecule has 3 heteroatoms. The average molecular weight is 223 g/mol. The van der Waals surface area contributed by atoms with Crippen LogP contribution in [0.2, 0.25) is 0 Å². The summed E-state index contributed by atoms with van der Waals surface area (Å²) in [7, 11) is -0.683. The molecule has 1 heterocycles. The highest BCUT2D eigenvalue weighted by Crippen LogP contribution is 2.23. The van der Waals surface area contributed by atoms with Crippen molar-refractivity contribution in [3.63, 3.8) is 0 Å². The van der Waals surface area contributed by atoms with Crippen LogP contribution in [0.3, 0.4) is 0 Å². The van der Waals surface area contributed by atoms with Crippen molar-refractivity contribution >= 4 is 10.8 Å². The fourth-order valence-corrected chi connectivity index (χ4v) is 3.23. The summed E-state index contributed by atoms with van der Waals surface area (Å²) in [6.07, 6.45) is 0. The SMILES string of the molecule is Cc1ccc(C2NCCS(=O)C2C)cc1. The average Bonchev–Trinajstić information content (AvgIpc) is 2.24. The van der Waals surface area contributed by atoms with E-state index in [1.54, 1.807) is 0 Å². The zero-order valence-corrected chi connectivity index (χ0v) is 10.0. The van der Waals surface area contributed by atoms with Crippen molar-refractivity contribution in [2.45, 2.75) is 25.1 Å². The third kappa shape index (κ3) is 2.29. The Labute approximate surface area is 93.5 Å². The second kappa shape index (κ2) is 4.45. The van der Waals surface area contributed by atoms with Crippen molar-refractivity contribution in [3.05, 3.63) is 35.4 Å². The Bertz CT molecular complexity index is 360. The fraction of sp³-hybridized carbons (Fsp3) is 0.500. The molecule has 0 bridgehead atoms. The summed E-state index contributed by atoms with van der Waals surface area (Å²) in [6, 6.07) is 8.74. The summed E-state index contributed by atoms with van der Waals surface area (Å²) >= 11 is 0. The van der Waals surface area contributed by atoms with Gasteiger partial charge in [0.25, 0.3) is 0 Å². The Hall–Kier alpha value is -0.670. The molecule has 1 N–H and O–H groups in total. The van der Waals surface area contributed by atoms with E-state index in [1.165, 1.54) is 11.1 Å². The van der Waals surface area contributed by atoms with Crippen LogP contribution in [0.25, 0.3) is 0 Å². The standard InChI is InChI=1S/C12H17NOS/c1-9-3-5-11(6-4-9)12-10(2)15(14)8-7-13-12/h3-6,10,12-13H,7-8H2,1-2H3. The summed E-state index contributed by atoms with van der Waals surface area (Å²) in [5.74, 6) is 0.781. The van der Waals surface area contributed by atoms with Crippen molar-refractivity contribution < 1.29 is 4.21 Å². The first-order valence-electron chi connectivity index (χ1n) is 5.35. The third-order valence-electron chi connectivity index (χ3n) is 2.99. The van der Waals surface area contributed by atoms with Gasteiger partial charge in [-0.1, -0.05) is 29.8 Å². The number of aryl methyl sites for hydroxylation is 1. The minimum atomic E-state index is -0.683. The minimum absolute atomic E-state index is 0.210. The van der Waals surface area contributed by atoms with Crippen LogP contribution >= 0.6 is 0 Å². The lowest BCUT2D eigenvalue weighted by molar-refractivity contribution is 0.514. The van der Waals surface area contributed by atoms with Crippen LogP contribution in [0, 0.1) is 6.92 Å². The lowest BCUT2D eigenvalue weighted by atomic mass is 10.0. The van der Waals surface area contributed by atoms with Crippen molar-refractivity contribution in [1.29, 1.82) is 0 Å². The van der Waals surface area contributed by atoms with E-state index in [-0.39, 0.29) is 11.3 Å². The highest BCUT2D eigenvalue weighted by atomic mass is 32.2. The Morgan fingerprint density at radius 1 is 1.33 bits per heavy atom. The molecule has 2 rings (SSSR count). The van der Waals surface area contributed by atoms with Gasteiger partial charge >= 0.3 is 0 Å². The number of nitrogens with one attached hydrogen (secondary N) is 1. The molecule has 1 aromatic carbocycles. The molecule has 0 saturated carbocycles. The number of hydrogen-bond acceptors (Lipinski definition) is 2. The van der Waals surface area contributed by atoms with Crippen LogP contribution in [0.4, 0.5) is 0 Å². The largest absolute Gasteiger partial charge is 0.308 e. The number of rotatable bonds is 1.